The van der Waals surface area contributed by atoms with Gasteiger partial charge in [0.25, 0.3) is 0 Å². The van der Waals surface area contributed by atoms with Gasteiger partial charge in [-0.25, -0.2) is 9.97 Å². The average Bonchev–Trinajstić information content (AvgIpc) is 3.81. The number of aliphatic carboxylic acids is 1. The van der Waals surface area contributed by atoms with Crippen molar-refractivity contribution < 1.29 is 19.1 Å². The van der Waals surface area contributed by atoms with E-state index in [1.54, 1.807) is 12.4 Å². The molecule has 6 rings (SSSR count). The Kier molecular flexibility index (Phi) is 10.5. The van der Waals surface area contributed by atoms with Crippen molar-refractivity contribution in [2.45, 2.75) is 72.3 Å². The number of aromatic nitrogens is 4. The predicted molar refractivity (Wildman–Crippen MR) is 178 cm³/mol. The SMILES string of the molecule is CC(C)(C)CN1CCC2(CC1)C[C@@H](C(=O)[O-])[N+](CCN1CCOCC1)(Cc1ccc(CN(Cc3ncc[nH]3)Cc3ncc[nH]3)cc1)C2. The first-order valence-corrected chi connectivity index (χ1v) is 17.4. The molecule has 2 atom stereocenters. The second kappa shape index (κ2) is 14.6. The van der Waals surface area contributed by atoms with Gasteiger partial charge in [0.1, 0.15) is 24.2 Å². The van der Waals surface area contributed by atoms with Gasteiger partial charge in [-0.2, -0.15) is 0 Å². The summed E-state index contributed by atoms with van der Waals surface area (Å²) in [5.74, 6) is 0.949. The topological polar surface area (TPSA) is 116 Å². The van der Waals surface area contributed by atoms with E-state index in [-0.39, 0.29) is 10.8 Å². The molecule has 2 N–H and O–H groups in total. The predicted octanol–water partition coefficient (Wildman–Crippen LogP) is 2.63. The number of hydrogen-bond donors (Lipinski definition) is 2. The molecule has 11 nitrogen and oxygen atoms in total. The van der Waals surface area contributed by atoms with Crippen LogP contribution in [0.4, 0.5) is 0 Å². The number of nitrogens with zero attached hydrogens (tertiary/aromatic N) is 6. The Morgan fingerprint density at radius 2 is 1.57 bits per heavy atom. The van der Waals surface area contributed by atoms with E-state index in [0.29, 0.717) is 30.5 Å². The minimum atomic E-state index is -0.885. The van der Waals surface area contributed by atoms with Gasteiger partial charge in [0.05, 0.1) is 45.4 Å². The monoisotopic (exact) mass is 646 g/mol. The summed E-state index contributed by atoms with van der Waals surface area (Å²) in [5, 5.41) is 13.0. The molecular formula is C36H54N8O3. The molecule has 47 heavy (non-hydrogen) atoms. The number of quaternary nitrogens is 1. The number of piperidine rings is 1. The van der Waals surface area contributed by atoms with Gasteiger partial charge in [0, 0.05) is 74.9 Å². The van der Waals surface area contributed by atoms with Crippen molar-refractivity contribution in [2.24, 2.45) is 10.8 Å². The molecule has 3 saturated heterocycles. The summed E-state index contributed by atoms with van der Waals surface area (Å²) in [4.78, 5) is 35.6. The Bertz CT molecular complexity index is 1350. The smallest absolute Gasteiger partial charge is 0.130 e. The van der Waals surface area contributed by atoms with Crippen molar-refractivity contribution in [3.8, 4) is 0 Å². The zero-order valence-corrected chi connectivity index (χ0v) is 28.6. The van der Waals surface area contributed by atoms with Gasteiger partial charge in [-0.05, 0) is 36.9 Å². The molecule has 0 amide bonds. The molecule has 1 spiro atoms. The molecule has 2 aromatic heterocycles. The number of carboxylic acid groups (broad SMARTS) is 1. The minimum Gasteiger partial charge on any atom is -0.544 e. The molecular weight excluding hydrogens is 592 g/mol. The number of hydrogen-bond acceptors (Lipinski definition) is 8. The Labute approximate surface area is 279 Å². The molecule has 11 heteroatoms. The standard InChI is InChI=1S/C36H54N8O3/c1-35(2,3)27-42-14-8-36(9-15-42)22-31(34(45)46)44(28-36,19-16-41-17-20-47-21-18-41)26-30-6-4-29(5-7-30)23-43(24-32-37-10-11-38-32)25-33-39-12-13-40-33/h4-7,10-13,31H,8-9,14-28H2,1-3H3,(H2-,37,38,39,40,45,46)/t31-,44?/m0/s1. The lowest BCUT2D eigenvalue weighted by Crippen LogP contribution is -2.60. The van der Waals surface area contributed by atoms with E-state index >= 15 is 0 Å². The number of morpholine rings is 1. The van der Waals surface area contributed by atoms with Crippen molar-refractivity contribution >= 4 is 5.97 Å². The number of carbonyl (C=O) groups excluding carboxylic acids is 1. The third-order valence-electron chi connectivity index (χ3n) is 10.6. The second-order valence-electron chi connectivity index (χ2n) is 15.6. The van der Waals surface area contributed by atoms with Gasteiger partial charge in [-0.1, -0.05) is 45.0 Å². The lowest BCUT2D eigenvalue weighted by Gasteiger charge is -2.44. The van der Waals surface area contributed by atoms with Gasteiger partial charge < -0.3 is 34.0 Å². The number of nitrogens with one attached hydrogen (secondary N) is 2. The van der Waals surface area contributed by atoms with Crippen LogP contribution in [0.25, 0.3) is 0 Å². The van der Waals surface area contributed by atoms with Crippen molar-refractivity contribution in [3.63, 3.8) is 0 Å². The van der Waals surface area contributed by atoms with Crippen LogP contribution in [0.2, 0.25) is 0 Å². The van der Waals surface area contributed by atoms with Crippen LogP contribution >= 0.6 is 0 Å². The first-order chi connectivity index (χ1) is 22.6. The summed E-state index contributed by atoms with van der Waals surface area (Å²) in [5.41, 5.74) is 2.69. The van der Waals surface area contributed by atoms with Crippen LogP contribution in [-0.4, -0.2) is 117 Å². The first kappa shape index (κ1) is 33.8. The Morgan fingerprint density at radius 3 is 2.13 bits per heavy atom. The van der Waals surface area contributed by atoms with Crippen molar-refractivity contribution in [3.05, 3.63) is 71.8 Å². The number of benzene rings is 1. The zero-order valence-electron chi connectivity index (χ0n) is 28.6. The lowest BCUT2D eigenvalue weighted by atomic mass is 9.76. The second-order valence-corrected chi connectivity index (χ2v) is 15.6. The summed E-state index contributed by atoms with van der Waals surface area (Å²) in [7, 11) is 0. The molecule has 3 aromatic rings. The van der Waals surface area contributed by atoms with Gasteiger partial charge in [0.15, 0.2) is 0 Å². The Morgan fingerprint density at radius 1 is 0.957 bits per heavy atom. The Hall–Kier alpha value is -3.09. The van der Waals surface area contributed by atoms with Crippen LogP contribution in [0, 0.1) is 10.8 Å². The van der Waals surface area contributed by atoms with Crippen molar-refractivity contribution in [1.29, 1.82) is 0 Å². The highest BCUT2D eigenvalue weighted by Crippen LogP contribution is 2.48. The fourth-order valence-corrected chi connectivity index (χ4v) is 8.35. The molecule has 0 bridgehead atoms. The normalized spacial score (nSPS) is 24.0. The van der Waals surface area contributed by atoms with E-state index in [1.165, 1.54) is 11.1 Å². The van der Waals surface area contributed by atoms with E-state index < -0.39 is 12.0 Å². The van der Waals surface area contributed by atoms with Crippen LogP contribution in [0.5, 0.6) is 0 Å². The summed E-state index contributed by atoms with van der Waals surface area (Å²) in [6.07, 6.45) is 10.1. The van der Waals surface area contributed by atoms with Crippen LogP contribution in [0.15, 0.2) is 49.1 Å². The lowest BCUT2D eigenvalue weighted by molar-refractivity contribution is -0.948. The molecule has 5 heterocycles. The fraction of sp³-hybridized carbons (Fsp3) is 0.639. The molecule has 1 aromatic carbocycles. The van der Waals surface area contributed by atoms with Gasteiger partial charge >= 0.3 is 0 Å². The molecule has 3 fully saturated rings. The van der Waals surface area contributed by atoms with E-state index in [2.05, 4.69) is 79.7 Å². The van der Waals surface area contributed by atoms with Gasteiger partial charge in [-0.15, -0.1) is 0 Å². The number of rotatable bonds is 13. The summed E-state index contributed by atoms with van der Waals surface area (Å²) in [6, 6.07) is 8.34. The van der Waals surface area contributed by atoms with E-state index in [4.69, 9.17) is 4.74 Å². The fourth-order valence-electron chi connectivity index (χ4n) is 8.35. The van der Waals surface area contributed by atoms with Gasteiger partial charge in [0.2, 0.25) is 0 Å². The van der Waals surface area contributed by atoms with E-state index in [0.717, 1.165) is 96.6 Å². The highest BCUT2D eigenvalue weighted by Gasteiger charge is 2.56. The van der Waals surface area contributed by atoms with E-state index in [9.17, 15) is 9.90 Å². The number of H-pyrrole nitrogens is 2. The average molecular weight is 647 g/mol. The molecule has 256 valence electrons. The van der Waals surface area contributed by atoms with Crippen LogP contribution in [0.3, 0.4) is 0 Å². The van der Waals surface area contributed by atoms with Gasteiger partial charge in [-0.3, -0.25) is 9.80 Å². The zero-order chi connectivity index (χ0) is 32.9. The third-order valence-corrected chi connectivity index (χ3v) is 10.6. The number of likely N-dealkylation sites (tertiary alicyclic amines) is 2. The van der Waals surface area contributed by atoms with Crippen LogP contribution < -0.4 is 5.11 Å². The third kappa shape index (κ3) is 8.88. The number of ether oxygens (including phenoxy) is 1. The maximum absolute atomic E-state index is 13.0. The Balaban J connectivity index is 1.19. The molecule has 1 unspecified atom stereocenters. The number of carbonyl (C=O) groups is 1. The van der Waals surface area contributed by atoms with Crippen molar-refractivity contribution in [2.75, 3.05) is 65.6 Å². The minimum absolute atomic E-state index is 0.0439. The molecule has 0 radical (unpaired) electrons. The highest BCUT2D eigenvalue weighted by molar-refractivity contribution is 5.70. The number of imidazole rings is 2. The summed E-state index contributed by atoms with van der Waals surface area (Å²) >= 11 is 0. The largest absolute Gasteiger partial charge is 0.544 e. The first-order valence-electron chi connectivity index (χ1n) is 17.4. The van der Waals surface area contributed by atoms with Crippen LogP contribution in [-0.2, 0) is 35.7 Å². The molecule has 0 aliphatic carbocycles. The molecule has 3 aliphatic heterocycles. The summed E-state index contributed by atoms with van der Waals surface area (Å²) in [6.45, 7) is 18.8. The number of aromatic amines is 2. The van der Waals surface area contributed by atoms with Crippen molar-refractivity contribution in [1.82, 2.24) is 34.6 Å². The quantitative estimate of drug-likeness (QED) is 0.273. The maximum atomic E-state index is 13.0. The summed E-state index contributed by atoms with van der Waals surface area (Å²) < 4.78 is 6.18. The molecule has 0 saturated carbocycles. The molecule has 3 aliphatic rings. The number of carboxylic acids is 1. The van der Waals surface area contributed by atoms with E-state index in [1.807, 2.05) is 12.4 Å². The highest BCUT2D eigenvalue weighted by atomic mass is 16.5. The van der Waals surface area contributed by atoms with Crippen LogP contribution in [0.1, 0.15) is 62.8 Å². The maximum Gasteiger partial charge on any atom is 0.130 e.